The molecule has 0 radical (unpaired) electrons. The fourth-order valence-corrected chi connectivity index (χ4v) is 5.01. The zero-order valence-corrected chi connectivity index (χ0v) is 13.0. The van der Waals surface area contributed by atoms with Crippen LogP contribution in [0.2, 0.25) is 0 Å². The normalized spacial score (nSPS) is 23.0. The van der Waals surface area contributed by atoms with Crippen molar-refractivity contribution in [2.45, 2.75) is 31.0 Å². The minimum Gasteiger partial charge on any atom is -0.229 e. The SMILES string of the molecule is CCCS(=O)(=O)CCC1Cc2ccccc2C1Br. The average molecular weight is 331 g/mol. The van der Waals surface area contributed by atoms with Crippen LogP contribution in [0.25, 0.3) is 0 Å². The van der Waals surface area contributed by atoms with E-state index in [2.05, 4.69) is 34.1 Å². The van der Waals surface area contributed by atoms with Gasteiger partial charge in [-0.15, -0.1) is 0 Å². The van der Waals surface area contributed by atoms with E-state index in [9.17, 15) is 8.42 Å². The van der Waals surface area contributed by atoms with E-state index >= 15 is 0 Å². The number of sulfone groups is 1. The highest BCUT2D eigenvalue weighted by atomic mass is 79.9. The molecule has 0 spiro atoms. The summed E-state index contributed by atoms with van der Waals surface area (Å²) in [6.07, 6.45) is 2.46. The maximum Gasteiger partial charge on any atom is 0.150 e. The molecule has 2 atom stereocenters. The van der Waals surface area contributed by atoms with E-state index in [-0.39, 0.29) is 0 Å². The molecule has 4 heteroatoms. The summed E-state index contributed by atoms with van der Waals surface area (Å²) in [5, 5.41) is 0. The van der Waals surface area contributed by atoms with Crippen LogP contribution in [0.3, 0.4) is 0 Å². The Morgan fingerprint density at radius 3 is 2.67 bits per heavy atom. The summed E-state index contributed by atoms with van der Waals surface area (Å²) in [7, 11) is -2.85. The van der Waals surface area contributed by atoms with Crippen molar-refractivity contribution in [3.8, 4) is 0 Å². The number of halogens is 1. The molecule has 1 aliphatic carbocycles. The molecular weight excluding hydrogens is 312 g/mol. The summed E-state index contributed by atoms with van der Waals surface area (Å²) in [6, 6.07) is 8.37. The number of hydrogen-bond donors (Lipinski definition) is 0. The second-order valence-corrected chi connectivity index (χ2v) is 8.30. The largest absolute Gasteiger partial charge is 0.229 e. The molecule has 0 saturated carbocycles. The molecule has 1 aromatic rings. The molecule has 1 aromatic carbocycles. The summed E-state index contributed by atoms with van der Waals surface area (Å²) in [4.78, 5) is 0.311. The maximum atomic E-state index is 11.8. The Bertz CT molecular complexity index is 510. The van der Waals surface area contributed by atoms with Crippen LogP contribution in [0.5, 0.6) is 0 Å². The molecule has 0 aromatic heterocycles. The van der Waals surface area contributed by atoms with E-state index in [1.165, 1.54) is 11.1 Å². The van der Waals surface area contributed by atoms with Gasteiger partial charge in [0.2, 0.25) is 0 Å². The minimum absolute atomic E-state index is 0.311. The molecule has 100 valence electrons. The van der Waals surface area contributed by atoms with E-state index in [1.807, 2.05) is 13.0 Å². The van der Waals surface area contributed by atoms with E-state index in [0.29, 0.717) is 28.7 Å². The van der Waals surface area contributed by atoms with Gasteiger partial charge in [0.05, 0.1) is 5.75 Å². The molecule has 0 aliphatic heterocycles. The lowest BCUT2D eigenvalue weighted by atomic mass is 10.0. The van der Waals surface area contributed by atoms with E-state index in [4.69, 9.17) is 0 Å². The monoisotopic (exact) mass is 330 g/mol. The Hall–Kier alpha value is -0.350. The van der Waals surface area contributed by atoms with Crippen molar-refractivity contribution in [1.82, 2.24) is 0 Å². The topological polar surface area (TPSA) is 34.1 Å². The van der Waals surface area contributed by atoms with Gasteiger partial charge in [-0.25, -0.2) is 8.42 Å². The number of hydrogen-bond acceptors (Lipinski definition) is 2. The molecule has 2 unspecified atom stereocenters. The fraction of sp³-hybridized carbons (Fsp3) is 0.571. The average Bonchev–Trinajstić information content (AvgIpc) is 2.65. The highest BCUT2D eigenvalue weighted by molar-refractivity contribution is 9.09. The molecule has 2 rings (SSSR count). The number of alkyl halides is 1. The van der Waals surface area contributed by atoms with Gasteiger partial charge in [-0.3, -0.25) is 0 Å². The van der Waals surface area contributed by atoms with Gasteiger partial charge in [-0.05, 0) is 36.3 Å². The van der Waals surface area contributed by atoms with E-state index in [0.717, 1.165) is 12.8 Å². The molecule has 1 aliphatic rings. The van der Waals surface area contributed by atoms with Crippen molar-refractivity contribution in [3.63, 3.8) is 0 Å². The maximum absolute atomic E-state index is 11.8. The van der Waals surface area contributed by atoms with Crippen molar-refractivity contribution in [2.24, 2.45) is 5.92 Å². The molecule has 0 N–H and O–H groups in total. The molecule has 0 saturated heterocycles. The van der Waals surface area contributed by atoms with Crippen LogP contribution in [0.4, 0.5) is 0 Å². The lowest BCUT2D eigenvalue weighted by Gasteiger charge is -2.14. The molecule has 18 heavy (non-hydrogen) atoms. The van der Waals surface area contributed by atoms with E-state index in [1.54, 1.807) is 0 Å². The Morgan fingerprint density at radius 2 is 2.00 bits per heavy atom. The van der Waals surface area contributed by atoms with Gasteiger partial charge in [-0.2, -0.15) is 0 Å². The molecule has 2 nitrogen and oxygen atoms in total. The fourth-order valence-electron chi connectivity index (χ4n) is 2.62. The van der Waals surface area contributed by atoms with Crippen molar-refractivity contribution >= 4 is 25.8 Å². The number of benzene rings is 1. The first-order chi connectivity index (χ1) is 8.53. The standard InChI is InChI=1S/C14H19BrO2S/c1-2-8-18(16,17)9-7-12-10-11-5-3-4-6-13(11)14(12)15/h3-6,12,14H,2,7-10H2,1H3. The van der Waals surface area contributed by atoms with Crippen LogP contribution in [-0.4, -0.2) is 19.9 Å². The Morgan fingerprint density at radius 1 is 1.28 bits per heavy atom. The van der Waals surface area contributed by atoms with Crippen molar-refractivity contribution < 1.29 is 8.42 Å². The van der Waals surface area contributed by atoms with Crippen LogP contribution in [-0.2, 0) is 16.3 Å². The predicted octanol–water partition coefficient (Wildman–Crippen LogP) is 3.51. The summed E-state index contributed by atoms with van der Waals surface area (Å²) < 4.78 is 23.5. The van der Waals surface area contributed by atoms with Crippen molar-refractivity contribution in [2.75, 3.05) is 11.5 Å². The van der Waals surface area contributed by atoms with Crippen LogP contribution >= 0.6 is 15.9 Å². The van der Waals surface area contributed by atoms with Gasteiger partial charge in [0.25, 0.3) is 0 Å². The first kappa shape index (κ1) is 14.1. The number of rotatable bonds is 5. The highest BCUT2D eigenvalue weighted by Gasteiger charge is 2.30. The summed E-state index contributed by atoms with van der Waals surface area (Å²) >= 11 is 3.72. The first-order valence-corrected chi connectivity index (χ1v) is 9.19. The van der Waals surface area contributed by atoms with Gasteiger partial charge < -0.3 is 0 Å². The third kappa shape index (κ3) is 3.15. The van der Waals surface area contributed by atoms with Crippen LogP contribution in [0.1, 0.15) is 35.7 Å². The molecule has 0 fully saturated rings. The van der Waals surface area contributed by atoms with Crippen molar-refractivity contribution in [3.05, 3.63) is 35.4 Å². The minimum atomic E-state index is -2.85. The smallest absolute Gasteiger partial charge is 0.150 e. The van der Waals surface area contributed by atoms with Gasteiger partial charge in [0, 0.05) is 10.6 Å². The zero-order chi connectivity index (χ0) is 13.2. The van der Waals surface area contributed by atoms with Gasteiger partial charge >= 0.3 is 0 Å². The molecule has 0 heterocycles. The zero-order valence-electron chi connectivity index (χ0n) is 10.6. The highest BCUT2D eigenvalue weighted by Crippen LogP contribution is 2.43. The Kier molecular flexibility index (Phi) is 4.49. The summed E-state index contributed by atoms with van der Waals surface area (Å²) in [6.45, 7) is 1.91. The quantitative estimate of drug-likeness (QED) is 0.774. The third-order valence-electron chi connectivity index (χ3n) is 3.56. The lowest BCUT2D eigenvalue weighted by Crippen LogP contribution is -2.15. The summed E-state index contributed by atoms with van der Waals surface area (Å²) in [5.41, 5.74) is 2.69. The Balaban J connectivity index is 1.98. The molecule has 0 amide bonds. The lowest BCUT2D eigenvalue weighted by molar-refractivity contribution is 0.527. The molecule has 0 bridgehead atoms. The molecular formula is C14H19BrO2S. The predicted molar refractivity (Wildman–Crippen MR) is 78.9 cm³/mol. The van der Waals surface area contributed by atoms with Crippen LogP contribution in [0, 0.1) is 5.92 Å². The van der Waals surface area contributed by atoms with Gasteiger partial charge in [-0.1, -0.05) is 47.1 Å². The van der Waals surface area contributed by atoms with Crippen molar-refractivity contribution in [1.29, 1.82) is 0 Å². The van der Waals surface area contributed by atoms with Crippen LogP contribution < -0.4 is 0 Å². The van der Waals surface area contributed by atoms with Gasteiger partial charge in [0.1, 0.15) is 9.84 Å². The van der Waals surface area contributed by atoms with Gasteiger partial charge in [0.15, 0.2) is 0 Å². The number of fused-ring (bicyclic) bond motifs is 1. The second kappa shape index (κ2) is 5.74. The summed E-state index contributed by atoms with van der Waals surface area (Å²) in [5.74, 6) is 1.05. The third-order valence-corrected chi connectivity index (χ3v) is 6.69. The first-order valence-electron chi connectivity index (χ1n) is 6.46. The van der Waals surface area contributed by atoms with Crippen LogP contribution in [0.15, 0.2) is 24.3 Å². The second-order valence-electron chi connectivity index (χ2n) is 5.01. The Labute approximate surface area is 118 Å². The van der Waals surface area contributed by atoms with E-state index < -0.39 is 9.84 Å².